The Bertz CT molecular complexity index is 3130. The minimum atomic E-state index is 0.715. The van der Waals surface area contributed by atoms with Crippen LogP contribution < -0.4 is 4.90 Å². The van der Waals surface area contributed by atoms with Crippen LogP contribution in [0.1, 0.15) is 0 Å². The lowest BCUT2D eigenvalue weighted by molar-refractivity contribution is 1.22. The van der Waals surface area contributed by atoms with Crippen molar-refractivity contribution in [1.82, 2.24) is 9.97 Å². The van der Waals surface area contributed by atoms with Crippen molar-refractivity contribution in [2.45, 2.75) is 9.79 Å². The van der Waals surface area contributed by atoms with Crippen molar-refractivity contribution in [3.05, 3.63) is 212 Å². The second-order valence-electron chi connectivity index (χ2n) is 14.6. The van der Waals surface area contributed by atoms with Crippen molar-refractivity contribution >= 4 is 50.5 Å². The zero-order chi connectivity index (χ0) is 38.4. The first-order valence-electron chi connectivity index (χ1n) is 19.6. The van der Waals surface area contributed by atoms with Crippen molar-refractivity contribution in [3.8, 4) is 56.0 Å². The molecule has 10 aromatic rings. The van der Waals surface area contributed by atoms with E-state index in [-0.39, 0.29) is 0 Å². The van der Waals surface area contributed by atoms with Crippen LogP contribution >= 0.6 is 11.8 Å². The Labute approximate surface area is 342 Å². The minimum absolute atomic E-state index is 0.715. The summed E-state index contributed by atoms with van der Waals surface area (Å²) in [5.41, 5.74) is 14.4. The van der Waals surface area contributed by atoms with Gasteiger partial charge in [0.1, 0.15) is 0 Å². The zero-order valence-electron chi connectivity index (χ0n) is 31.5. The predicted octanol–water partition coefficient (Wildman–Crippen LogP) is 15.1. The number of para-hydroxylation sites is 2. The molecule has 1 aliphatic heterocycles. The summed E-state index contributed by atoms with van der Waals surface area (Å²) in [5.74, 6) is 0.715. The largest absolute Gasteiger partial charge is 0.310 e. The van der Waals surface area contributed by atoms with Gasteiger partial charge in [-0.05, 0) is 94.0 Å². The van der Waals surface area contributed by atoms with Gasteiger partial charge in [0, 0.05) is 48.5 Å². The van der Waals surface area contributed by atoms with Crippen LogP contribution in [0.5, 0.6) is 0 Å². The predicted molar refractivity (Wildman–Crippen MR) is 243 cm³/mol. The average molecular weight is 758 g/mol. The van der Waals surface area contributed by atoms with Crippen molar-refractivity contribution < 1.29 is 0 Å². The number of hydrogen-bond acceptors (Lipinski definition) is 4. The second-order valence-corrected chi connectivity index (χ2v) is 15.7. The summed E-state index contributed by atoms with van der Waals surface area (Å²) in [5, 5.41) is 3.50. The van der Waals surface area contributed by atoms with E-state index in [9.17, 15) is 0 Å². The van der Waals surface area contributed by atoms with E-state index >= 15 is 0 Å². The van der Waals surface area contributed by atoms with Gasteiger partial charge in [0.25, 0.3) is 0 Å². The normalized spacial score (nSPS) is 11.7. The summed E-state index contributed by atoms with van der Waals surface area (Å²) in [6, 6.07) is 75.7. The van der Waals surface area contributed by atoms with Crippen LogP contribution in [0.15, 0.2) is 222 Å². The monoisotopic (exact) mass is 757 g/mol. The Hall–Kier alpha value is -7.27. The van der Waals surface area contributed by atoms with Crippen LogP contribution in [0, 0.1) is 0 Å². The van der Waals surface area contributed by atoms with Crippen molar-refractivity contribution in [2.75, 3.05) is 4.90 Å². The number of rotatable bonds is 7. The van der Waals surface area contributed by atoms with Gasteiger partial charge >= 0.3 is 0 Å². The van der Waals surface area contributed by atoms with Crippen LogP contribution in [0.3, 0.4) is 0 Å². The maximum absolute atomic E-state index is 5.32. The first kappa shape index (κ1) is 34.0. The Morgan fingerprint density at radius 2 is 0.948 bits per heavy atom. The highest BCUT2D eigenvalue weighted by Gasteiger charge is 2.24. The third kappa shape index (κ3) is 6.03. The highest BCUT2D eigenvalue weighted by molar-refractivity contribution is 7.99. The van der Waals surface area contributed by atoms with E-state index in [1.165, 1.54) is 48.4 Å². The van der Waals surface area contributed by atoms with Crippen molar-refractivity contribution in [3.63, 3.8) is 0 Å². The summed E-state index contributed by atoms with van der Waals surface area (Å²) < 4.78 is 0. The Morgan fingerprint density at radius 1 is 0.362 bits per heavy atom. The van der Waals surface area contributed by atoms with Crippen LogP contribution in [0.25, 0.3) is 77.7 Å². The molecule has 0 N–H and O–H groups in total. The van der Waals surface area contributed by atoms with E-state index in [1.807, 2.05) is 11.8 Å². The Kier molecular flexibility index (Phi) is 8.41. The molecule has 0 unspecified atom stereocenters. The first-order valence-corrected chi connectivity index (χ1v) is 20.4. The quantitative estimate of drug-likeness (QED) is 0.162. The average Bonchev–Trinajstić information content (AvgIpc) is 3.30. The van der Waals surface area contributed by atoms with Gasteiger partial charge in [0.2, 0.25) is 0 Å². The van der Waals surface area contributed by atoms with Gasteiger partial charge in [-0.25, -0.2) is 9.97 Å². The van der Waals surface area contributed by atoms with E-state index < -0.39 is 0 Å². The third-order valence-corrected chi connectivity index (χ3v) is 12.2. The molecule has 1 aromatic heterocycles. The maximum Gasteiger partial charge on any atom is 0.160 e. The minimum Gasteiger partial charge on any atom is -0.310 e. The van der Waals surface area contributed by atoms with Gasteiger partial charge in [-0.15, -0.1) is 0 Å². The van der Waals surface area contributed by atoms with Crippen LogP contribution in [0.4, 0.5) is 17.1 Å². The SMILES string of the molecule is c1ccc(-c2ccc(N(c3ccccc3)c3ccc4c5c(cccc35)-c3cc(-c5nc(-c6cccc(-c7ccccc7)c6)c6ccccc6n5)ccc3S4)cc2)cc1. The fourth-order valence-electron chi connectivity index (χ4n) is 8.29. The standard InChI is InChI=1S/C54H35N3S/c1-4-14-36(15-5-1)38-26-29-43(30-27-38)57(42-20-8-3-9-21-42)49-31-33-51-52-44(23-13-24-46(49)52)47-35-41(28-32-50(47)58-51)54-55-48-25-11-10-22-45(48)53(56-54)40-19-12-18-39(34-40)37-16-6-2-7-17-37/h1-35H. The highest BCUT2D eigenvalue weighted by Crippen LogP contribution is 2.52. The molecule has 9 aromatic carbocycles. The molecular formula is C54H35N3S. The molecular weight excluding hydrogens is 723 g/mol. The number of fused-ring (bicyclic) bond motifs is 3. The van der Waals surface area contributed by atoms with E-state index in [0.717, 1.165) is 50.3 Å². The second kappa shape index (κ2) is 14.3. The lowest BCUT2D eigenvalue weighted by atomic mass is 9.94. The molecule has 272 valence electrons. The van der Waals surface area contributed by atoms with E-state index in [0.29, 0.717) is 5.82 Å². The molecule has 0 saturated carbocycles. The third-order valence-electron chi connectivity index (χ3n) is 11.1. The van der Waals surface area contributed by atoms with Crippen LogP contribution in [-0.4, -0.2) is 9.97 Å². The van der Waals surface area contributed by atoms with Crippen molar-refractivity contribution in [1.29, 1.82) is 0 Å². The molecule has 0 saturated heterocycles. The van der Waals surface area contributed by atoms with Gasteiger partial charge in [-0.1, -0.05) is 163 Å². The summed E-state index contributed by atoms with van der Waals surface area (Å²) in [6.45, 7) is 0. The summed E-state index contributed by atoms with van der Waals surface area (Å²) in [7, 11) is 0. The zero-order valence-corrected chi connectivity index (χ0v) is 32.3. The van der Waals surface area contributed by atoms with Gasteiger partial charge in [-0.2, -0.15) is 0 Å². The summed E-state index contributed by atoms with van der Waals surface area (Å²) in [6.07, 6.45) is 0. The number of aromatic nitrogens is 2. The Balaban J connectivity index is 1.03. The summed E-state index contributed by atoms with van der Waals surface area (Å²) >= 11 is 1.83. The maximum atomic E-state index is 5.32. The molecule has 0 fully saturated rings. The molecule has 0 spiro atoms. The van der Waals surface area contributed by atoms with E-state index in [4.69, 9.17) is 9.97 Å². The molecule has 0 bridgehead atoms. The molecule has 4 heteroatoms. The van der Waals surface area contributed by atoms with Crippen LogP contribution in [0.2, 0.25) is 0 Å². The molecule has 0 amide bonds. The number of hydrogen-bond donors (Lipinski definition) is 0. The van der Waals surface area contributed by atoms with Crippen LogP contribution in [-0.2, 0) is 0 Å². The molecule has 11 rings (SSSR count). The molecule has 58 heavy (non-hydrogen) atoms. The number of benzene rings is 9. The molecule has 3 nitrogen and oxygen atoms in total. The molecule has 1 aliphatic rings. The van der Waals surface area contributed by atoms with E-state index in [2.05, 4.69) is 217 Å². The van der Waals surface area contributed by atoms with Gasteiger partial charge in [-0.3, -0.25) is 0 Å². The Morgan fingerprint density at radius 3 is 1.74 bits per heavy atom. The molecule has 2 heterocycles. The topological polar surface area (TPSA) is 29.0 Å². The smallest absolute Gasteiger partial charge is 0.160 e. The molecule has 0 atom stereocenters. The highest BCUT2D eigenvalue weighted by atomic mass is 32.2. The van der Waals surface area contributed by atoms with E-state index in [1.54, 1.807) is 0 Å². The number of anilines is 3. The fraction of sp³-hybridized carbons (Fsp3) is 0. The molecule has 0 radical (unpaired) electrons. The lowest BCUT2D eigenvalue weighted by Crippen LogP contribution is -2.11. The molecule has 0 aliphatic carbocycles. The lowest BCUT2D eigenvalue weighted by Gasteiger charge is -2.29. The van der Waals surface area contributed by atoms with Crippen molar-refractivity contribution in [2.24, 2.45) is 0 Å². The van der Waals surface area contributed by atoms with Gasteiger partial charge in [0.15, 0.2) is 5.82 Å². The first-order chi connectivity index (χ1) is 28.7. The number of nitrogens with zero attached hydrogens (tertiary/aromatic N) is 3. The van der Waals surface area contributed by atoms with Gasteiger partial charge in [0.05, 0.1) is 16.9 Å². The summed E-state index contributed by atoms with van der Waals surface area (Å²) in [4.78, 5) is 15.3. The fourth-order valence-corrected chi connectivity index (χ4v) is 9.40. The van der Waals surface area contributed by atoms with Gasteiger partial charge < -0.3 is 4.90 Å².